The molecule has 0 aliphatic heterocycles. The van der Waals surface area contributed by atoms with Crippen LogP contribution in [0.1, 0.15) is 0 Å². The summed E-state index contributed by atoms with van der Waals surface area (Å²) in [5.74, 6) is 0.227. The van der Waals surface area contributed by atoms with Gasteiger partial charge in [-0.15, -0.1) is 0 Å². The summed E-state index contributed by atoms with van der Waals surface area (Å²) in [5, 5.41) is 9.62. The molecule has 10 aromatic carbocycles. The maximum atomic E-state index is 14.3. The summed E-state index contributed by atoms with van der Waals surface area (Å²) < 4.78 is 14.3. The molecule has 0 radical (unpaired) electrons. The molecule has 11 aromatic rings. The third-order valence-corrected chi connectivity index (χ3v) is 11.5. The van der Waals surface area contributed by atoms with E-state index in [1.165, 1.54) is 55.2 Å². The smallest absolute Gasteiger partial charge is 0.160 e. The van der Waals surface area contributed by atoms with Crippen molar-refractivity contribution in [3.8, 4) is 67.3 Å². The van der Waals surface area contributed by atoms with Crippen molar-refractivity contribution >= 4 is 43.1 Å². The molecule has 0 aliphatic rings. The van der Waals surface area contributed by atoms with Crippen molar-refractivity contribution < 1.29 is 4.39 Å². The minimum absolute atomic E-state index is 0.303. The van der Waals surface area contributed by atoms with Crippen LogP contribution in [0.2, 0.25) is 0 Å². The average molecular weight is 755 g/mol. The maximum absolute atomic E-state index is 14.3. The SMILES string of the molecule is Fc1ccc(-c2nc(-c3cccc(-c4ccccc4)c3)cc(-c3cc(-c4cc5ccccc5c5ccccc45)cc(-c4cc5ccccc5c5ccccc45)c3)n2)cc1. The molecule has 0 saturated carbocycles. The van der Waals surface area contributed by atoms with E-state index in [4.69, 9.17) is 9.97 Å². The highest BCUT2D eigenvalue weighted by Crippen LogP contribution is 2.42. The van der Waals surface area contributed by atoms with Crippen molar-refractivity contribution in [1.82, 2.24) is 9.97 Å². The molecule has 0 aliphatic carbocycles. The van der Waals surface area contributed by atoms with E-state index in [1.54, 1.807) is 12.1 Å². The van der Waals surface area contributed by atoms with Crippen molar-refractivity contribution in [2.45, 2.75) is 0 Å². The van der Waals surface area contributed by atoms with Gasteiger partial charge in [0.15, 0.2) is 5.82 Å². The average Bonchev–Trinajstić information content (AvgIpc) is 3.31. The molecule has 1 aromatic heterocycles. The van der Waals surface area contributed by atoms with Gasteiger partial charge in [0.2, 0.25) is 0 Å². The Balaban J connectivity index is 1.20. The van der Waals surface area contributed by atoms with Gasteiger partial charge >= 0.3 is 0 Å². The summed E-state index contributed by atoms with van der Waals surface area (Å²) in [6, 6.07) is 73.5. The van der Waals surface area contributed by atoms with E-state index >= 15 is 0 Å². The van der Waals surface area contributed by atoms with Crippen LogP contribution in [0, 0.1) is 5.82 Å². The highest BCUT2D eigenvalue weighted by atomic mass is 19.1. The Kier molecular flexibility index (Phi) is 8.37. The molecule has 0 bridgehead atoms. The predicted molar refractivity (Wildman–Crippen MR) is 245 cm³/mol. The molecule has 1 heterocycles. The van der Waals surface area contributed by atoms with Gasteiger partial charge in [-0.05, 0) is 143 Å². The van der Waals surface area contributed by atoms with E-state index in [0.717, 1.165) is 61.5 Å². The number of benzene rings is 10. The van der Waals surface area contributed by atoms with Gasteiger partial charge in [0.25, 0.3) is 0 Å². The zero-order chi connectivity index (χ0) is 39.3. The van der Waals surface area contributed by atoms with E-state index in [1.807, 2.05) is 6.07 Å². The molecule has 0 atom stereocenters. The number of hydrogen-bond acceptors (Lipinski definition) is 2. The molecule has 276 valence electrons. The molecule has 59 heavy (non-hydrogen) atoms. The molecule has 0 amide bonds. The standard InChI is InChI=1S/C56H35FN2/c57-45-27-25-37(26-28-45)56-58-54(41-18-12-17-38(29-41)36-13-2-1-3-14-36)35-55(59-56)44-31-42(52-33-39-15-4-6-19-46(39)48-21-8-10-23-50(48)52)30-43(32-44)53-34-40-16-5-7-20-47(40)49-22-9-11-24-51(49)53/h1-35H. The molecule has 0 spiro atoms. The van der Waals surface area contributed by atoms with E-state index in [0.29, 0.717) is 5.82 Å². The quantitative estimate of drug-likeness (QED) is 0.158. The summed E-state index contributed by atoms with van der Waals surface area (Å²) in [6.45, 7) is 0. The zero-order valence-corrected chi connectivity index (χ0v) is 32.0. The van der Waals surface area contributed by atoms with Gasteiger partial charge < -0.3 is 0 Å². The number of hydrogen-bond donors (Lipinski definition) is 0. The third kappa shape index (κ3) is 6.30. The molecule has 0 fully saturated rings. The number of aromatic nitrogens is 2. The molecule has 0 N–H and O–H groups in total. The maximum Gasteiger partial charge on any atom is 0.160 e. The van der Waals surface area contributed by atoms with Crippen LogP contribution in [0.25, 0.3) is 110 Å². The minimum atomic E-state index is -0.303. The third-order valence-electron chi connectivity index (χ3n) is 11.5. The number of nitrogens with zero attached hydrogens (tertiary/aromatic N) is 2. The van der Waals surface area contributed by atoms with Crippen LogP contribution >= 0.6 is 0 Å². The molecular formula is C56H35FN2. The largest absolute Gasteiger partial charge is 0.228 e. The van der Waals surface area contributed by atoms with Crippen LogP contribution in [-0.2, 0) is 0 Å². The van der Waals surface area contributed by atoms with E-state index in [2.05, 4.69) is 182 Å². The lowest BCUT2D eigenvalue weighted by molar-refractivity contribution is 0.628. The fourth-order valence-electron chi connectivity index (χ4n) is 8.63. The van der Waals surface area contributed by atoms with Crippen molar-refractivity contribution in [3.63, 3.8) is 0 Å². The summed E-state index contributed by atoms with van der Waals surface area (Å²) >= 11 is 0. The van der Waals surface area contributed by atoms with Crippen LogP contribution in [0.4, 0.5) is 4.39 Å². The molecule has 0 saturated heterocycles. The van der Waals surface area contributed by atoms with Crippen LogP contribution < -0.4 is 0 Å². The van der Waals surface area contributed by atoms with Crippen LogP contribution in [-0.4, -0.2) is 9.97 Å². The lowest BCUT2D eigenvalue weighted by atomic mass is 9.88. The first-order valence-corrected chi connectivity index (χ1v) is 19.9. The van der Waals surface area contributed by atoms with Crippen LogP contribution in [0.5, 0.6) is 0 Å². The Bertz CT molecular complexity index is 3250. The summed E-state index contributed by atoms with van der Waals surface area (Å²) in [6.07, 6.45) is 0. The van der Waals surface area contributed by atoms with Gasteiger partial charge in [0.1, 0.15) is 5.82 Å². The molecule has 0 unspecified atom stereocenters. The fraction of sp³-hybridized carbons (Fsp3) is 0. The molecule has 2 nitrogen and oxygen atoms in total. The number of fused-ring (bicyclic) bond motifs is 6. The van der Waals surface area contributed by atoms with Crippen LogP contribution in [0.3, 0.4) is 0 Å². The topological polar surface area (TPSA) is 25.8 Å². The molecular weight excluding hydrogens is 720 g/mol. The highest BCUT2D eigenvalue weighted by Gasteiger charge is 2.18. The van der Waals surface area contributed by atoms with Gasteiger partial charge in [0, 0.05) is 16.7 Å². The normalized spacial score (nSPS) is 11.5. The lowest BCUT2D eigenvalue weighted by Gasteiger charge is -2.17. The lowest BCUT2D eigenvalue weighted by Crippen LogP contribution is -1.97. The Morgan fingerprint density at radius 3 is 1.31 bits per heavy atom. The predicted octanol–water partition coefficient (Wildman–Crippen LogP) is 15.2. The van der Waals surface area contributed by atoms with Crippen molar-refractivity contribution in [3.05, 3.63) is 218 Å². The number of rotatable bonds is 6. The summed E-state index contributed by atoms with van der Waals surface area (Å²) in [7, 11) is 0. The van der Waals surface area contributed by atoms with Gasteiger partial charge in [-0.25, -0.2) is 14.4 Å². The first-order valence-electron chi connectivity index (χ1n) is 19.9. The summed E-state index contributed by atoms with van der Waals surface area (Å²) in [4.78, 5) is 10.4. The van der Waals surface area contributed by atoms with Crippen molar-refractivity contribution in [1.29, 1.82) is 0 Å². The van der Waals surface area contributed by atoms with E-state index < -0.39 is 0 Å². The second-order valence-corrected chi connectivity index (χ2v) is 15.1. The van der Waals surface area contributed by atoms with Crippen LogP contribution in [0.15, 0.2) is 212 Å². The van der Waals surface area contributed by atoms with Gasteiger partial charge in [-0.3, -0.25) is 0 Å². The highest BCUT2D eigenvalue weighted by molar-refractivity contribution is 6.16. The minimum Gasteiger partial charge on any atom is -0.228 e. The van der Waals surface area contributed by atoms with Gasteiger partial charge in [0.05, 0.1) is 11.4 Å². The Labute approximate surface area is 341 Å². The van der Waals surface area contributed by atoms with Gasteiger partial charge in [-0.1, -0.05) is 146 Å². The first-order chi connectivity index (χ1) is 29.1. The fourth-order valence-corrected chi connectivity index (χ4v) is 8.63. The van der Waals surface area contributed by atoms with Crippen molar-refractivity contribution in [2.75, 3.05) is 0 Å². The first kappa shape index (κ1) is 34.5. The summed E-state index contributed by atoms with van der Waals surface area (Å²) in [5.41, 5.74) is 10.9. The monoisotopic (exact) mass is 754 g/mol. The van der Waals surface area contributed by atoms with E-state index in [9.17, 15) is 4.39 Å². The van der Waals surface area contributed by atoms with Gasteiger partial charge in [-0.2, -0.15) is 0 Å². The molecule has 3 heteroatoms. The number of halogens is 1. The Morgan fingerprint density at radius 1 is 0.271 bits per heavy atom. The van der Waals surface area contributed by atoms with Crippen molar-refractivity contribution in [2.24, 2.45) is 0 Å². The second kappa shape index (κ2) is 14.3. The Morgan fingerprint density at radius 2 is 0.712 bits per heavy atom. The second-order valence-electron chi connectivity index (χ2n) is 15.1. The zero-order valence-electron chi connectivity index (χ0n) is 32.0. The Hall–Kier alpha value is -7.75. The molecule has 11 rings (SSSR count). The van der Waals surface area contributed by atoms with E-state index in [-0.39, 0.29) is 5.82 Å².